The summed E-state index contributed by atoms with van der Waals surface area (Å²) in [5.41, 5.74) is 7.68. The fourth-order valence-electron chi connectivity index (χ4n) is 4.87. The maximum Gasteiger partial charge on any atom is 0.323 e. The third-order valence-electron chi connectivity index (χ3n) is 6.84. The Morgan fingerprint density at radius 2 is 1.91 bits per heavy atom. The van der Waals surface area contributed by atoms with Gasteiger partial charge in [-0.15, -0.1) is 0 Å². The third kappa shape index (κ3) is 4.20. The topological polar surface area (TPSA) is 97.4 Å². The molecule has 1 aliphatic heterocycles. The number of anilines is 1. The first-order valence-electron chi connectivity index (χ1n) is 11.1. The van der Waals surface area contributed by atoms with Gasteiger partial charge in [0, 0.05) is 29.6 Å². The number of rotatable bonds is 5. The number of carbonyl (C=O) groups excluding carboxylic acids is 3. The first kappa shape index (κ1) is 21.5. The van der Waals surface area contributed by atoms with Crippen molar-refractivity contribution in [2.24, 2.45) is 11.1 Å². The molecule has 2 aromatic carbocycles. The van der Waals surface area contributed by atoms with Gasteiger partial charge in [-0.2, -0.15) is 0 Å². The summed E-state index contributed by atoms with van der Waals surface area (Å²) in [6.07, 6.45) is 5.25. The van der Waals surface area contributed by atoms with E-state index in [1.54, 1.807) is 17.0 Å². The molecule has 3 amide bonds. The Bertz CT molecular complexity index is 1260. The van der Waals surface area contributed by atoms with Crippen LogP contribution in [0.4, 0.5) is 15.3 Å². The minimum absolute atomic E-state index is 0.0634. The van der Waals surface area contributed by atoms with Gasteiger partial charge in [-0.1, -0.05) is 41.9 Å². The van der Waals surface area contributed by atoms with Crippen molar-refractivity contribution in [2.45, 2.75) is 38.1 Å². The van der Waals surface area contributed by atoms with Crippen molar-refractivity contribution in [3.63, 3.8) is 0 Å². The number of amides is 3. The first-order valence-corrected chi connectivity index (χ1v) is 11.5. The van der Waals surface area contributed by atoms with Crippen molar-refractivity contribution in [1.82, 2.24) is 9.47 Å². The molecule has 2 aliphatic rings. The van der Waals surface area contributed by atoms with Crippen molar-refractivity contribution < 1.29 is 14.4 Å². The van der Waals surface area contributed by atoms with Crippen LogP contribution in [0.25, 0.3) is 10.9 Å². The second-order valence-corrected chi connectivity index (χ2v) is 9.58. The highest BCUT2D eigenvalue weighted by Crippen LogP contribution is 2.55. The number of primary amides is 1. The van der Waals surface area contributed by atoms with E-state index in [1.165, 1.54) is 10.8 Å². The molecule has 2 heterocycles. The van der Waals surface area contributed by atoms with E-state index in [1.807, 2.05) is 36.4 Å². The fraction of sp³-hybridized carbons (Fsp3) is 0.320. The SMILES string of the molecule is NC(=O)n1cc(NC(=O)N2CC3(CC3)C[C@H]2C(=O)CCc2cccc(Cl)c2)c2ccccc21. The number of hydrogen-bond donors (Lipinski definition) is 2. The van der Waals surface area contributed by atoms with Gasteiger partial charge in [0.05, 0.1) is 17.2 Å². The van der Waals surface area contributed by atoms with E-state index in [2.05, 4.69) is 5.32 Å². The number of carbonyl (C=O) groups is 3. The Labute approximate surface area is 196 Å². The van der Waals surface area contributed by atoms with Gasteiger partial charge in [0.1, 0.15) is 0 Å². The molecule has 0 radical (unpaired) electrons. The molecule has 8 heteroatoms. The Hall–Kier alpha value is -3.32. The number of para-hydroxylation sites is 1. The van der Waals surface area contributed by atoms with Crippen molar-refractivity contribution in [3.05, 3.63) is 65.3 Å². The van der Waals surface area contributed by atoms with Crippen LogP contribution in [-0.2, 0) is 11.2 Å². The van der Waals surface area contributed by atoms with Crippen molar-refractivity contribution >= 4 is 46.0 Å². The number of Topliss-reactive ketones (excluding diaryl/α,β-unsaturated/α-hetero) is 1. The highest BCUT2D eigenvalue weighted by molar-refractivity contribution is 6.30. The molecule has 7 nitrogen and oxygen atoms in total. The molecule has 3 aromatic rings. The molecule has 1 saturated carbocycles. The number of urea groups is 1. The average molecular weight is 465 g/mol. The van der Waals surface area contributed by atoms with E-state index in [0.29, 0.717) is 47.4 Å². The van der Waals surface area contributed by atoms with Crippen LogP contribution in [-0.4, -0.2) is 39.9 Å². The van der Waals surface area contributed by atoms with Crippen molar-refractivity contribution in [1.29, 1.82) is 0 Å². The summed E-state index contributed by atoms with van der Waals surface area (Å²) in [6, 6.07) is 13.3. The molecule has 5 rings (SSSR count). The minimum atomic E-state index is -0.626. The monoisotopic (exact) mass is 464 g/mol. The number of fused-ring (bicyclic) bond motifs is 1. The van der Waals surface area contributed by atoms with E-state index >= 15 is 0 Å². The van der Waals surface area contributed by atoms with Gasteiger partial charge >= 0.3 is 12.1 Å². The van der Waals surface area contributed by atoms with E-state index < -0.39 is 12.1 Å². The molecular weight excluding hydrogens is 440 g/mol. The molecule has 170 valence electrons. The second kappa shape index (κ2) is 8.23. The highest BCUT2D eigenvalue weighted by atomic mass is 35.5. The molecule has 33 heavy (non-hydrogen) atoms. The molecular formula is C25H25ClN4O3. The van der Waals surface area contributed by atoms with Crippen LogP contribution < -0.4 is 11.1 Å². The number of hydrogen-bond acceptors (Lipinski definition) is 3. The van der Waals surface area contributed by atoms with Crippen molar-refractivity contribution in [2.75, 3.05) is 11.9 Å². The number of nitrogens with two attached hydrogens (primary N) is 1. The Morgan fingerprint density at radius 3 is 2.64 bits per heavy atom. The number of aryl methyl sites for hydroxylation is 1. The fourth-order valence-corrected chi connectivity index (χ4v) is 5.08. The van der Waals surface area contributed by atoms with Gasteiger partial charge in [0.25, 0.3) is 0 Å². The number of nitrogens with zero attached hydrogens (tertiary/aromatic N) is 2. The summed E-state index contributed by atoms with van der Waals surface area (Å²) in [5, 5.41) is 4.29. The lowest BCUT2D eigenvalue weighted by molar-refractivity contribution is -0.122. The average Bonchev–Trinajstić information content (AvgIpc) is 3.28. The number of likely N-dealkylation sites (tertiary alicyclic amines) is 1. The van der Waals surface area contributed by atoms with Gasteiger partial charge < -0.3 is 16.0 Å². The van der Waals surface area contributed by atoms with E-state index in [0.717, 1.165) is 18.4 Å². The smallest absolute Gasteiger partial charge is 0.323 e. The molecule has 1 aliphatic carbocycles. The summed E-state index contributed by atoms with van der Waals surface area (Å²) in [7, 11) is 0. The van der Waals surface area contributed by atoms with Crippen LogP contribution in [0.2, 0.25) is 5.02 Å². The Balaban J connectivity index is 1.34. The van der Waals surface area contributed by atoms with Gasteiger partial charge in [-0.25, -0.2) is 9.59 Å². The standard InChI is InChI=1S/C25H25ClN4O3/c26-17-5-3-4-16(12-17)8-9-22(31)21-13-25(10-11-25)15-30(21)24(33)28-19-14-29(23(27)32)20-7-2-1-6-18(19)20/h1-7,12,14,21H,8-11,13,15H2,(H2,27,32)(H,28,33)/t21-/m0/s1. The Morgan fingerprint density at radius 1 is 1.12 bits per heavy atom. The maximum atomic E-state index is 13.3. The van der Waals surface area contributed by atoms with Crippen LogP contribution in [0.3, 0.4) is 0 Å². The van der Waals surface area contributed by atoms with Gasteiger partial charge in [-0.05, 0) is 54.9 Å². The quantitative estimate of drug-likeness (QED) is 0.567. The lowest BCUT2D eigenvalue weighted by atomic mass is 9.97. The summed E-state index contributed by atoms with van der Waals surface area (Å²) in [5.74, 6) is 0.0634. The predicted molar refractivity (Wildman–Crippen MR) is 127 cm³/mol. The summed E-state index contributed by atoms with van der Waals surface area (Å²) >= 11 is 6.06. The number of nitrogens with one attached hydrogen (secondary N) is 1. The van der Waals surface area contributed by atoms with Crippen LogP contribution in [0, 0.1) is 5.41 Å². The molecule has 3 N–H and O–H groups in total. The lowest BCUT2D eigenvalue weighted by Crippen LogP contribution is -2.43. The van der Waals surface area contributed by atoms with Gasteiger partial charge in [-0.3, -0.25) is 9.36 Å². The lowest BCUT2D eigenvalue weighted by Gasteiger charge is -2.24. The molecule has 2 fully saturated rings. The number of benzene rings is 2. The predicted octanol–water partition coefficient (Wildman–Crippen LogP) is 4.81. The first-order chi connectivity index (χ1) is 15.8. The zero-order valence-corrected chi connectivity index (χ0v) is 18.8. The normalized spacial score (nSPS) is 18.6. The number of aromatic nitrogens is 1. The number of halogens is 1. The Kier molecular flexibility index (Phi) is 5.37. The maximum absolute atomic E-state index is 13.3. The zero-order chi connectivity index (χ0) is 23.2. The second-order valence-electron chi connectivity index (χ2n) is 9.14. The number of ketones is 1. The zero-order valence-electron chi connectivity index (χ0n) is 18.1. The van der Waals surface area contributed by atoms with Gasteiger partial charge in [0.15, 0.2) is 5.78 Å². The molecule has 1 spiro atoms. The molecule has 1 saturated heterocycles. The van der Waals surface area contributed by atoms with Crippen LogP contribution in [0.5, 0.6) is 0 Å². The molecule has 0 unspecified atom stereocenters. The van der Waals surface area contributed by atoms with Crippen molar-refractivity contribution in [3.8, 4) is 0 Å². The van der Waals surface area contributed by atoms with Gasteiger partial charge in [0.2, 0.25) is 0 Å². The highest BCUT2D eigenvalue weighted by Gasteiger charge is 2.54. The molecule has 1 atom stereocenters. The van der Waals surface area contributed by atoms with E-state index in [-0.39, 0.29) is 17.2 Å². The van der Waals surface area contributed by atoms with E-state index in [4.69, 9.17) is 17.3 Å². The largest absolute Gasteiger partial charge is 0.351 e. The minimum Gasteiger partial charge on any atom is -0.351 e. The summed E-state index contributed by atoms with van der Waals surface area (Å²) in [4.78, 5) is 40.0. The molecule has 0 bridgehead atoms. The summed E-state index contributed by atoms with van der Waals surface area (Å²) in [6.45, 7) is 0.570. The van der Waals surface area contributed by atoms with Crippen LogP contribution in [0.15, 0.2) is 54.7 Å². The van der Waals surface area contributed by atoms with Crippen LogP contribution in [0.1, 0.15) is 31.2 Å². The third-order valence-corrected chi connectivity index (χ3v) is 7.07. The van der Waals surface area contributed by atoms with E-state index in [9.17, 15) is 14.4 Å². The summed E-state index contributed by atoms with van der Waals surface area (Å²) < 4.78 is 1.31. The van der Waals surface area contributed by atoms with Crippen LogP contribution >= 0.6 is 11.6 Å². The molecule has 1 aromatic heterocycles.